The topological polar surface area (TPSA) is 74.6 Å². The van der Waals surface area contributed by atoms with Crippen LogP contribution in [0.1, 0.15) is 10.4 Å². The predicted molar refractivity (Wildman–Crippen MR) is 54.8 cm³/mol. The van der Waals surface area contributed by atoms with Crippen molar-refractivity contribution in [2.45, 2.75) is 0 Å². The van der Waals surface area contributed by atoms with Gasteiger partial charge in [-0.15, -0.1) is 0 Å². The molecule has 0 atom stereocenters. The van der Waals surface area contributed by atoms with Crippen LogP contribution >= 0.6 is 15.9 Å². The van der Waals surface area contributed by atoms with Gasteiger partial charge in [0.2, 0.25) is 0 Å². The summed E-state index contributed by atoms with van der Waals surface area (Å²) in [6.07, 6.45) is 0. The maximum absolute atomic E-state index is 10.2. The van der Waals surface area contributed by atoms with Gasteiger partial charge in [0, 0.05) is 0 Å². The summed E-state index contributed by atoms with van der Waals surface area (Å²) in [5.41, 5.74) is 0.331. The second-order valence-corrected chi connectivity index (χ2v) is 2.76. The minimum Gasteiger partial charge on any atom is -0.481 e. The molecule has 0 spiro atoms. The minimum atomic E-state index is -0.879. The first-order chi connectivity index (χ1) is 6.57. The average Bonchev–Trinajstić information content (AvgIpc) is 2.20. The molecule has 0 fully saturated rings. The van der Waals surface area contributed by atoms with E-state index in [9.17, 15) is 9.59 Å². The summed E-state index contributed by atoms with van der Waals surface area (Å²) in [4.78, 5) is 19.5. The number of hydrogen-bond donors (Lipinski definition) is 2. The molecule has 0 aliphatic rings. The lowest BCUT2D eigenvalue weighted by atomic mass is 10.2. The molecule has 0 aliphatic heterocycles. The molecule has 4 nitrogen and oxygen atoms in total. The summed E-state index contributed by atoms with van der Waals surface area (Å²) in [5.74, 6) is -1.71. The number of aliphatic carboxylic acids is 1. The third-order valence-electron chi connectivity index (χ3n) is 1.14. The van der Waals surface area contributed by atoms with Gasteiger partial charge in [-0.05, 0) is 12.1 Å². The molecule has 0 aliphatic carbocycles. The average molecular weight is 261 g/mol. The first kappa shape index (κ1) is 12.6. The van der Waals surface area contributed by atoms with Crippen molar-refractivity contribution in [3.8, 4) is 0 Å². The Kier molecular flexibility index (Phi) is 6.39. The van der Waals surface area contributed by atoms with E-state index in [1.54, 1.807) is 30.3 Å². The van der Waals surface area contributed by atoms with E-state index in [1.165, 1.54) is 0 Å². The highest BCUT2D eigenvalue weighted by atomic mass is 79.9. The summed E-state index contributed by atoms with van der Waals surface area (Å²) in [6, 6.07) is 8.30. The molecule has 1 aromatic carbocycles. The van der Waals surface area contributed by atoms with Crippen molar-refractivity contribution in [2.24, 2.45) is 0 Å². The number of rotatable bonds is 2. The van der Waals surface area contributed by atoms with Gasteiger partial charge >= 0.3 is 11.9 Å². The number of alkyl halides is 1. The summed E-state index contributed by atoms with van der Waals surface area (Å²) in [5, 5.41) is 16.1. The lowest BCUT2D eigenvalue weighted by Crippen LogP contribution is -1.93. The molecular weight excluding hydrogens is 252 g/mol. The van der Waals surface area contributed by atoms with Gasteiger partial charge in [-0.3, -0.25) is 4.79 Å². The molecule has 0 aromatic heterocycles. The Balaban J connectivity index is 0.000000292. The van der Waals surface area contributed by atoms with Crippen molar-refractivity contribution in [1.29, 1.82) is 0 Å². The smallest absolute Gasteiger partial charge is 0.335 e. The zero-order valence-corrected chi connectivity index (χ0v) is 8.77. The Hall–Kier alpha value is -1.36. The highest BCUT2D eigenvalue weighted by molar-refractivity contribution is 9.09. The van der Waals surface area contributed by atoms with Crippen LogP contribution in [0.2, 0.25) is 0 Å². The molecule has 5 heteroatoms. The molecule has 0 saturated carbocycles. The lowest BCUT2D eigenvalue weighted by Gasteiger charge is -1.88. The van der Waals surface area contributed by atoms with E-state index in [4.69, 9.17) is 10.2 Å². The third-order valence-corrected chi connectivity index (χ3v) is 1.61. The number of carbonyl (C=O) groups is 2. The molecule has 0 amide bonds. The van der Waals surface area contributed by atoms with E-state index < -0.39 is 11.9 Å². The Morgan fingerprint density at radius 2 is 1.57 bits per heavy atom. The molecular formula is C9H9BrO4. The number of aromatic carboxylic acids is 1. The summed E-state index contributed by atoms with van der Waals surface area (Å²) in [7, 11) is 0. The molecule has 0 radical (unpaired) electrons. The number of carboxylic acid groups (broad SMARTS) is 2. The first-order valence-electron chi connectivity index (χ1n) is 3.64. The van der Waals surface area contributed by atoms with Gasteiger partial charge in [0.05, 0.1) is 5.56 Å². The van der Waals surface area contributed by atoms with Gasteiger partial charge in [0.25, 0.3) is 0 Å². The van der Waals surface area contributed by atoms with Gasteiger partial charge < -0.3 is 10.2 Å². The van der Waals surface area contributed by atoms with Crippen molar-refractivity contribution in [2.75, 3.05) is 5.33 Å². The maximum Gasteiger partial charge on any atom is 0.335 e. The molecule has 0 bridgehead atoms. The molecule has 76 valence electrons. The Bertz CT molecular complexity index is 297. The van der Waals surface area contributed by atoms with Gasteiger partial charge in [-0.2, -0.15) is 0 Å². The van der Waals surface area contributed by atoms with Crippen molar-refractivity contribution in [3.05, 3.63) is 35.9 Å². The van der Waals surface area contributed by atoms with Crippen molar-refractivity contribution in [3.63, 3.8) is 0 Å². The van der Waals surface area contributed by atoms with Gasteiger partial charge in [-0.25, -0.2) is 4.79 Å². The van der Waals surface area contributed by atoms with Crippen LogP contribution in [0.3, 0.4) is 0 Å². The van der Waals surface area contributed by atoms with Crippen molar-refractivity contribution >= 4 is 27.9 Å². The molecule has 0 saturated heterocycles. The van der Waals surface area contributed by atoms with Crippen molar-refractivity contribution in [1.82, 2.24) is 0 Å². The van der Waals surface area contributed by atoms with Crippen LogP contribution in [0.15, 0.2) is 30.3 Å². The number of hydrogen-bond acceptors (Lipinski definition) is 2. The van der Waals surface area contributed by atoms with Gasteiger partial charge in [-0.1, -0.05) is 34.1 Å². The van der Waals surface area contributed by atoms with Crippen LogP contribution < -0.4 is 0 Å². The largest absolute Gasteiger partial charge is 0.481 e. The second kappa shape index (κ2) is 7.08. The van der Waals surface area contributed by atoms with Gasteiger partial charge in [0.1, 0.15) is 5.33 Å². The Morgan fingerprint density at radius 3 is 1.79 bits per heavy atom. The molecule has 0 unspecified atom stereocenters. The van der Waals surface area contributed by atoms with Crippen LogP contribution in [-0.4, -0.2) is 27.5 Å². The predicted octanol–water partition coefficient (Wildman–Crippen LogP) is 1.85. The second-order valence-electron chi connectivity index (χ2n) is 2.20. The van der Waals surface area contributed by atoms with Crippen LogP contribution in [0.5, 0.6) is 0 Å². The summed E-state index contributed by atoms with van der Waals surface area (Å²) >= 11 is 2.71. The van der Waals surface area contributed by atoms with Crippen molar-refractivity contribution < 1.29 is 19.8 Å². The van der Waals surface area contributed by atoms with E-state index in [0.29, 0.717) is 5.56 Å². The third kappa shape index (κ3) is 6.19. The number of halogens is 1. The van der Waals surface area contributed by atoms with E-state index in [-0.39, 0.29) is 5.33 Å². The zero-order chi connectivity index (χ0) is 11.0. The highest BCUT2D eigenvalue weighted by Crippen LogP contribution is 1.96. The maximum atomic E-state index is 10.2. The number of benzene rings is 1. The fourth-order valence-electron chi connectivity index (χ4n) is 0.581. The van der Waals surface area contributed by atoms with Crippen LogP contribution in [0, 0.1) is 0 Å². The normalized spacial score (nSPS) is 8.36. The summed E-state index contributed by atoms with van der Waals surface area (Å²) < 4.78 is 0. The van der Waals surface area contributed by atoms with Crippen LogP contribution in [-0.2, 0) is 4.79 Å². The fourth-order valence-corrected chi connectivity index (χ4v) is 0.581. The van der Waals surface area contributed by atoms with Crippen LogP contribution in [0.4, 0.5) is 0 Å². The zero-order valence-electron chi connectivity index (χ0n) is 7.18. The standard InChI is InChI=1S/C7H6O2.C2H3BrO2/c8-7(9)6-4-2-1-3-5-6;3-1-2(4)5/h1-5H,(H,8,9);1H2,(H,4,5). The summed E-state index contributed by atoms with van der Waals surface area (Å²) in [6.45, 7) is 0. The lowest BCUT2D eigenvalue weighted by molar-refractivity contribution is -0.133. The van der Waals surface area contributed by atoms with Gasteiger partial charge in [0.15, 0.2) is 0 Å². The first-order valence-corrected chi connectivity index (χ1v) is 4.76. The highest BCUT2D eigenvalue weighted by Gasteiger charge is 1.96. The molecule has 2 N–H and O–H groups in total. The Labute approximate surface area is 89.3 Å². The number of carboxylic acids is 2. The Morgan fingerprint density at radius 1 is 1.14 bits per heavy atom. The fraction of sp³-hybridized carbons (Fsp3) is 0.111. The minimum absolute atomic E-state index is 0.0347. The monoisotopic (exact) mass is 260 g/mol. The molecule has 0 heterocycles. The van der Waals surface area contributed by atoms with E-state index in [0.717, 1.165) is 0 Å². The van der Waals surface area contributed by atoms with E-state index in [2.05, 4.69) is 15.9 Å². The molecule has 14 heavy (non-hydrogen) atoms. The molecule has 1 aromatic rings. The SMILES string of the molecule is O=C(O)CBr.O=C(O)c1ccccc1. The quantitative estimate of drug-likeness (QED) is 0.796. The van der Waals surface area contributed by atoms with Crippen LogP contribution in [0.25, 0.3) is 0 Å². The van der Waals surface area contributed by atoms with E-state index >= 15 is 0 Å². The van der Waals surface area contributed by atoms with E-state index in [1.807, 2.05) is 0 Å². The molecule has 1 rings (SSSR count).